The van der Waals surface area contributed by atoms with Crippen molar-refractivity contribution >= 4 is 11.8 Å². The van der Waals surface area contributed by atoms with Crippen molar-refractivity contribution in [2.45, 2.75) is 25.6 Å². The van der Waals surface area contributed by atoms with Gasteiger partial charge in [0.25, 0.3) is 0 Å². The maximum Gasteiger partial charge on any atom is 0.433 e. The third kappa shape index (κ3) is 3.30. The first-order valence-corrected chi connectivity index (χ1v) is 6.42. The highest BCUT2D eigenvalue weighted by Crippen LogP contribution is 2.31. The second-order valence-corrected chi connectivity index (χ2v) is 4.59. The van der Waals surface area contributed by atoms with E-state index in [1.807, 2.05) is 0 Å². The Labute approximate surface area is 115 Å². The summed E-state index contributed by atoms with van der Waals surface area (Å²) in [7, 11) is 1.72. The number of aromatic nitrogens is 2. The van der Waals surface area contributed by atoms with Crippen LogP contribution in [0.25, 0.3) is 0 Å². The first-order valence-electron chi connectivity index (χ1n) is 6.42. The van der Waals surface area contributed by atoms with E-state index < -0.39 is 11.9 Å². The van der Waals surface area contributed by atoms with E-state index in [-0.39, 0.29) is 17.8 Å². The fraction of sp³-hybridized carbons (Fsp3) is 0.667. The summed E-state index contributed by atoms with van der Waals surface area (Å²) >= 11 is 0. The minimum atomic E-state index is -4.49. The van der Waals surface area contributed by atoms with Gasteiger partial charge in [-0.25, -0.2) is 4.98 Å². The van der Waals surface area contributed by atoms with Crippen molar-refractivity contribution in [3.63, 3.8) is 0 Å². The molecule has 1 aromatic rings. The van der Waals surface area contributed by atoms with Gasteiger partial charge in [-0.1, -0.05) is 0 Å². The van der Waals surface area contributed by atoms with Gasteiger partial charge < -0.3 is 15.0 Å². The second kappa shape index (κ2) is 5.82. The molecule has 0 saturated carbocycles. The van der Waals surface area contributed by atoms with E-state index >= 15 is 0 Å². The van der Waals surface area contributed by atoms with Gasteiger partial charge in [-0.15, -0.1) is 0 Å². The van der Waals surface area contributed by atoms with E-state index in [2.05, 4.69) is 15.3 Å². The zero-order valence-electron chi connectivity index (χ0n) is 11.4. The van der Waals surface area contributed by atoms with Crippen molar-refractivity contribution in [3.05, 3.63) is 11.8 Å². The Balaban J connectivity index is 2.32. The first-order chi connectivity index (χ1) is 9.41. The van der Waals surface area contributed by atoms with Crippen LogP contribution in [0.5, 0.6) is 0 Å². The monoisotopic (exact) mass is 290 g/mol. The standard InChI is InChI=1S/C12H17F3N4O/c1-3-16-11-17-9(12(13,14)15)6-10(18-11)19(2)8-4-5-20-7-8/h6,8H,3-5,7H2,1-2H3,(H,16,17,18). The van der Waals surface area contributed by atoms with E-state index in [0.717, 1.165) is 12.5 Å². The molecule has 2 heterocycles. The van der Waals surface area contributed by atoms with Gasteiger partial charge in [0.15, 0.2) is 5.69 Å². The summed E-state index contributed by atoms with van der Waals surface area (Å²) in [6, 6.07) is 1.01. The molecule has 1 fully saturated rings. The van der Waals surface area contributed by atoms with Crippen LogP contribution in [0, 0.1) is 0 Å². The van der Waals surface area contributed by atoms with Gasteiger partial charge >= 0.3 is 6.18 Å². The molecule has 8 heteroatoms. The number of nitrogens with one attached hydrogen (secondary N) is 1. The van der Waals surface area contributed by atoms with Crippen LogP contribution in [0.4, 0.5) is 24.9 Å². The molecule has 20 heavy (non-hydrogen) atoms. The molecule has 1 atom stereocenters. The normalized spacial score (nSPS) is 19.1. The number of halogens is 3. The molecule has 0 bridgehead atoms. The zero-order chi connectivity index (χ0) is 14.8. The highest BCUT2D eigenvalue weighted by Gasteiger charge is 2.34. The van der Waals surface area contributed by atoms with Crippen molar-refractivity contribution in [2.24, 2.45) is 0 Å². The Kier molecular flexibility index (Phi) is 4.32. The molecule has 1 aliphatic rings. The number of hydrogen-bond donors (Lipinski definition) is 1. The van der Waals surface area contributed by atoms with Crippen molar-refractivity contribution in [1.29, 1.82) is 0 Å². The summed E-state index contributed by atoms with van der Waals surface area (Å²) in [6.07, 6.45) is -3.72. The molecule has 1 aliphatic heterocycles. The Hall–Kier alpha value is -1.57. The average molecular weight is 290 g/mol. The maximum atomic E-state index is 12.9. The van der Waals surface area contributed by atoms with Gasteiger partial charge in [0.1, 0.15) is 5.82 Å². The molecule has 0 spiro atoms. The molecule has 0 radical (unpaired) electrons. The Morgan fingerprint density at radius 3 is 2.75 bits per heavy atom. The van der Waals surface area contributed by atoms with Crippen molar-refractivity contribution in [1.82, 2.24) is 9.97 Å². The number of rotatable bonds is 4. The van der Waals surface area contributed by atoms with E-state index in [1.54, 1.807) is 18.9 Å². The van der Waals surface area contributed by atoms with E-state index in [4.69, 9.17) is 4.74 Å². The van der Waals surface area contributed by atoms with Crippen LogP contribution in [0.2, 0.25) is 0 Å². The topological polar surface area (TPSA) is 50.3 Å². The fourth-order valence-electron chi connectivity index (χ4n) is 2.01. The lowest BCUT2D eigenvalue weighted by Gasteiger charge is -2.25. The molecular weight excluding hydrogens is 273 g/mol. The lowest BCUT2D eigenvalue weighted by Crippen LogP contribution is -2.33. The quantitative estimate of drug-likeness (QED) is 0.921. The third-order valence-corrected chi connectivity index (χ3v) is 3.15. The summed E-state index contributed by atoms with van der Waals surface area (Å²) in [6.45, 7) is 3.35. The maximum absolute atomic E-state index is 12.9. The molecule has 2 rings (SSSR count). The van der Waals surface area contributed by atoms with Crippen LogP contribution < -0.4 is 10.2 Å². The number of nitrogens with zero attached hydrogens (tertiary/aromatic N) is 3. The first kappa shape index (κ1) is 14.8. The van der Waals surface area contributed by atoms with E-state index in [9.17, 15) is 13.2 Å². The largest absolute Gasteiger partial charge is 0.433 e. The molecule has 1 N–H and O–H groups in total. The van der Waals surface area contributed by atoms with Crippen LogP contribution in [0.3, 0.4) is 0 Å². The van der Waals surface area contributed by atoms with Gasteiger partial charge in [0, 0.05) is 26.3 Å². The summed E-state index contributed by atoms with van der Waals surface area (Å²) in [5.41, 5.74) is -0.941. The van der Waals surface area contributed by atoms with Gasteiger partial charge in [-0.05, 0) is 13.3 Å². The predicted octanol–water partition coefficient (Wildman–Crippen LogP) is 2.15. The molecule has 0 aliphatic carbocycles. The number of ether oxygens (including phenoxy) is 1. The van der Waals surface area contributed by atoms with Crippen LogP contribution in [0.1, 0.15) is 19.0 Å². The van der Waals surface area contributed by atoms with Gasteiger partial charge in [-0.2, -0.15) is 18.2 Å². The molecular formula is C12H17F3N4O. The minimum absolute atomic E-state index is 0.0110. The Bertz CT molecular complexity index is 461. The molecule has 112 valence electrons. The molecule has 1 unspecified atom stereocenters. The summed E-state index contributed by atoms with van der Waals surface area (Å²) in [4.78, 5) is 9.34. The number of anilines is 2. The molecule has 5 nitrogen and oxygen atoms in total. The number of alkyl halides is 3. The van der Waals surface area contributed by atoms with Crippen LogP contribution in [0.15, 0.2) is 6.07 Å². The Morgan fingerprint density at radius 2 is 2.20 bits per heavy atom. The van der Waals surface area contributed by atoms with E-state index in [0.29, 0.717) is 19.8 Å². The molecule has 1 aromatic heterocycles. The molecule has 0 aromatic carbocycles. The highest BCUT2D eigenvalue weighted by molar-refractivity contribution is 5.46. The fourth-order valence-corrected chi connectivity index (χ4v) is 2.01. The smallest absolute Gasteiger partial charge is 0.379 e. The van der Waals surface area contributed by atoms with Crippen LogP contribution in [-0.2, 0) is 10.9 Å². The molecule has 0 amide bonds. The number of likely N-dealkylation sites (N-methyl/N-ethyl adjacent to an activating group) is 1. The van der Waals surface area contributed by atoms with Crippen LogP contribution in [-0.4, -0.2) is 42.8 Å². The lowest BCUT2D eigenvalue weighted by molar-refractivity contribution is -0.141. The van der Waals surface area contributed by atoms with Gasteiger partial charge in [0.05, 0.1) is 12.6 Å². The summed E-state index contributed by atoms with van der Waals surface area (Å²) in [5, 5.41) is 2.73. The van der Waals surface area contributed by atoms with Gasteiger partial charge in [-0.3, -0.25) is 0 Å². The minimum Gasteiger partial charge on any atom is -0.379 e. The molecule has 1 saturated heterocycles. The van der Waals surface area contributed by atoms with Crippen molar-refractivity contribution in [3.8, 4) is 0 Å². The summed E-state index contributed by atoms with van der Waals surface area (Å²) < 4.78 is 43.9. The lowest BCUT2D eigenvalue weighted by atomic mass is 10.2. The highest BCUT2D eigenvalue weighted by atomic mass is 19.4. The zero-order valence-corrected chi connectivity index (χ0v) is 11.4. The summed E-state index contributed by atoms with van der Waals surface area (Å²) in [5.74, 6) is 0.238. The van der Waals surface area contributed by atoms with E-state index in [1.165, 1.54) is 0 Å². The van der Waals surface area contributed by atoms with Gasteiger partial charge in [0.2, 0.25) is 5.95 Å². The van der Waals surface area contributed by atoms with Crippen molar-refractivity contribution < 1.29 is 17.9 Å². The second-order valence-electron chi connectivity index (χ2n) is 4.59. The Morgan fingerprint density at radius 1 is 1.45 bits per heavy atom. The third-order valence-electron chi connectivity index (χ3n) is 3.15. The van der Waals surface area contributed by atoms with Crippen molar-refractivity contribution in [2.75, 3.05) is 37.0 Å². The number of hydrogen-bond acceptors (Lipinski definition) is 5. The predicted molar refractivity (Wildman–Crippen MR) is 68.8 cm³/mol. The average Bonchev–Trinajstić information content (AvgIpc) is 2.90. The van der Waals surface area contributed by atoms with Crippen LogP contribution >= 0.6 is 0 Å². The SMILES string of the molecule is CCNc1nc(N(C)C2CCOC2)cc(C(F)(F)F)n1.